The average Bonchev–Trinajstić information content (AvgIpc) is 2.91. The zero-order valence-corrected chi connectivity index (χ0v) is 12.3. The van der Waals surface area contributed by atoms with Crippen molar-refractivity contribution in [2.24, 2.45) is 0 Å². The van der Waals surface area contributed by atoms with Gasteiger partial charge in [-0.1, -0.05) is 19.1 Å². The molecule has 2 aromatic heterocycles. The second kappa shape index (κ2) is 5.57. The molecule has 0 atom stereocenters. The molecule has 0 amide bonds. The molecule has 2 heterocycles. The number of rotatable bonds is 3. The van der Waals surface area contributed by atoms with Crippen LogP contribution in [0.3, 0.4) is 0 Å². The molecule has 0 unspecified atom stereocenters. The van der Waals surface area contributed by atoms with Crippen LogP contribution in [0.2, 0.25) is 0 Å². The molecule has 0 aliphatic heterocycles. The highest BCUT2D eigenvalue weighted by Gasteiger charge is 2.30. The molecule has 4 nitrogen and oxygen atoms in total. The lowest BCUT2D eigenvalue weighted by Crippen LogP contribution is -2.10. The molecule has 1 aromatic carbocycles. The molecule has 3 rings (SSSR count). The lowest BCUT2D eigenvalue weighted by molar-refractivity contribution is -0.137. The Kier molecular flexibility index (Phi) is 3.71. The number of hydrogen-bond acceptors (Lipinski definition) is 2. The van der Waals surface area contributed by atoms with Gasteiger partial charge in [0.1, 0.15) is 11.5 Å². The molecule has 0 radical (unpaired) electrons. The van der Waals surface area contributed by atoms with E-state index in [4.69, 9.17) is 0 Å². The minimum atomic E-state index is -4.39. The molecule has 3 aromatic rings. The van der Waals surface area contributed by atoms with E-state index in [1.54, 1.807) is 12.3 Å². The summed E-state index contributed by atoms with van der Waals surface area (Å²) in [5.74, 6) is 0.257. The Morgan fingerprint density at radius 3 is 2.48 bits per heavy atom. The third kappa shape index (κ3) is 2.86. The molecule has 7 heteroatoms. The topological polar surface area (TPSA) is 50.7 Å². The highest BCUT2D eigenvalue weighted by molar-refractivity contribution is 5.77. The van der Waals surface area contributed by atoms with Gasteiger partial charge in [0, 0.05) is 18.3 Å². The minimum absolute atomic E-state index is 0.257. The molecule has 0 aliphatic rings. The second-order valence-electron chi connectivity index (χ2n) is 5.24. The third-order valence-electron chi connectivity index (χ3n) is 3.58. The van der Waals surface area contributed by atoms with Crippen LogP contribution < -0.4 is 5.56 Å². The van der Waals surface area contributed by atoms with Crippen LogP contribution in [0, 0.1) is 0 Å². The Bertz CT molecular complexity index is 892. The molecule has 0 fully saturated rings. The van der Waals surface area contributed by atoms with Gasteiger partial charge >= 0.3 is 6.18 Å². The van der Waals surface area contributed by atoms with Gasteiger partial charge in [0.2, 0.25) is 0 Å². The first-order valence-electron chi connectivity index (χ1n) is 7.17. The van der Waals surface area contributed by atoms with Crippen LogP contribution in [0.25, 0.3) is 22.4 Å². The number of alkyl halides is 3. The van der Waals surface area contributed by atoms with Crippen molar-refractivity contribution in [3.05, 3.63) is 52.4 Å². The Labute approximate surface area is 129 Å². The predicted octanol–water partition coefficient (Wildman–Crippen LogP) is 3.82. The Morgan fingerprint density at radius 1 is 1.17 bits per heavy atom. The van der Waals surface area contributed by atoms with E-state index in [2.05, 4.69) is 9.97 Å². The fourth-order valence-electron chi connectivity index (χ4n) is 2.45. The lowest BCUT2D eigenvalue weighted by Gasteiger charge is -2.08. The van der Waals surface area contributed by atoms with Crippen LogP contribution in [0.5, 0.6) is 0 Å². The van der Waals surface area contributed by atoms with Crippen molar-refractivity contribution in [1.82, 2.24) is 14.5 Å². The maximum atomic E-state index is 12.6. The van der Waals surface area contributed by atoms with Crippen molar-refractivity contribution in [2.45, 2.75) is 26.1 Å². The number of aromatic amines is 1. The highest BCUT2D eigenvalue weighted by Crippen LogP contribution is 2.30. The van der Waals surface area contributed by atoms with E-state index >= 15 is 0 Å². The smallest absolute Gasteiger partial charge is 0.332 e. The van der Waals surface area contributed by atoms with Crippen LogP contribution in [0.1, 0.15) is 18.9 Å². The van der Waals surface area contributed by atoms with Gasteiger partial charge < -0.3 is 9.55 Å². The number of halogens is 3. The van der Waals surface area contributed by atoms with Crippen molar-refractivity contribution >= 4 is 11.0 Å². The van der Waals surface area contributed by atoms with Crippen LogP contribution in [0.4, 0.5) is 13.2 Å². The zero-order chi connectivity index (χ0) is 16.6. The largest absolute Gasteiger partial charge is 0.416 e. The van der Waals surface area contributed by atoms with Crippen LogP contribution >= 0.6 is 0 Å². The molecular formula is C16H14F3N3O. The van der Waals surface area contributed by atoms with Crippen LogP contribution in [-0.2, 0) is 12.7 Å². The number of hydrogen-bond donors (Lipinski definition) is 1. The predicted molar refractivity (Wildman–Crippen MR) is 81.1 cm³/mol. The SMILES string of the molecule is CCCn1ccc2c(=O)[nH]c(-c3ccc(C(F)(F)F)cc3)nc21. The molecule has 0 spiro atoms. The van der Waals surface area contributed by atoms with E-state index in [1.807, 2.05) is 11.5 Å². The van der Waals surface area contributed by atoms with Gasteiger partial charge in [-0.15, -0.1) is 0 Å². The monoisotopic (exact) mass is 321 g/mol. The van der Waals surface area contributed by atoms with Crippen molar-refractivity contribution in [3.63, 3.8) is 0 Å². The van der Waals surface area contributed by atoms with Crippen LogP contribution in [0.15, 0.2) is 41.3 Å². The summed E-state index contributed by atoms with van der Waals surface area (Å²) in [7, 11) is 0. The molecule has 0 saturated heterocycles. The Morgan fingerprint density at radius 2 is 1.87 bits per heavy atom. The fraction of sp³-hybridized carbons (Fsp3) is 0.250. The molecule has 0 saturated carbocycles. The average molecular weight is 321 g/mol. The molecule has 23 heavy (non-hydrogen) atoms. The Balaban J connectivity index is 2.09. The zero-order valence-electron chi connectivity index (χ0n) is 12.3. The number of nitrogens with zero attached hydrogens (tertiary/aromatic N) is 2. The second-order valence-corrected chi connectivity index (χ2v) is 5.24. The highest BCUT2D eigenvalue weighted by atomic mass is 19.4. The number of aryl methyl sites for hydroxylation is 1. The first-order valence-corrected chi connectivity index (χ1v) is 7.17. The fourth-order valence-corrected chi connectivity index (χ4v) is 2.45. The summed E-state index contributed by atoms with van der Waals surface area (Å²) in [6.45, 7) is 2.72. The maximum Gasteiger partial charge on any atom is 0.416 e. The molecule has 0 bridgehead atoms. The summed E-state index contributed by atoms with van der Waals surface area (Å²) in [6.07, 6.45) is -1.72. The number of benzene rings is 1. The van der Waals surface area contributed by atoms with Crippen molar-refractivity contribution in [1.29, 1.82) is 0 Å². The summed E-state index contributed by atoms with van der Waals surface area (Å²) >= 11 is 0. The van der Waals surface area contributed by atoms with E-state index in [9.17, 15) is 18.0 Å². The van der Waals surface area contributed by atoms with E-state index in [0.29, 0.717) is 23.1 Å². The van der Waals surface area contributed by atoms with Crippen LogP contribution in [-0.4, -0.2) is 14.5 Å². The maximum absolute atomic E-state index is 12.6. The quantitative estimate of drug-likeness (QED) is 0.797. The van der Waals surface area contributed by atoms with Gasteiger partial charge in [-0.25, -0.2) is 4.98 Å². The third-order valence-corrected chi connectivity index (χ3v) is 3.58. The summed E-state index contributed by atoms with van der Waals surface area (Å²) in [4.78, 5) is 19.1. The van der Waals surface area contributed by atoms with Crippen molar-refractivity contribution in [2.75, 3.05) is 0 Å². The molecule has 0 aliphatic carbocycles. The summed E-state index contributed by atoms with van der Waals surface area (Å²) in [5, 5.41) is 0.467. The number of nitrogens with one attached hydrogen (secondary N) is 1. The summed E-state index contributed by atoms with van der Waals surface area (Å²) < 4.78 is 39.7. The van der Waals surface area contributed by atoms with E-state index < -0.39 is 11.7 Å². The summed E-state index contributed by atoms with van der Waals surface area (Å²) in [5.41, 5.74) is -0.0782. The Hall–Kier alpha value is -2.57. The molecule has 1 N–H and O–H groups in total. The van der Waals surface area contributed by atoms with Gasteiger partial charge in [-0.3, -0.25) is 4.79 Å². The number of fused-ring (bicyclic) bond motifs is 1. The van der Waals surface area contributed by atoms with Gasteiger partial charge in [0.15, 0.2) is 0 Å². The van der Waals surface area contributed by atoms with Crippen molar-refractivity contribution in [3.8, 4) is 11.4 Å². The van der Waals surface area contributed by atoms with E-state index in [-0.39, 0.29) is 11.4 Å². The standard InChI is InChI=1S/C16H14F3N3O/c1-2-8-22-9-7-12-14(22)20-13(21-15(12)23)10-3-5-11(6-4-10)16(17,18)19/h3-7,9H,2,8H2,1H3,(H,20,21,23). The van der Waals surface area contributed by atoms with Gasteiger partial charge in [-0.05, 0) is 24.6 Å². The number of H-pyrrole nitrogens is 1. The first-order chi connectivity index (χ1) is 10.9. The van der Waals surface area contributed by atoms with E-state index in [1.165, 1.54) is 12.1 Å². The van der Waals surface area contributed by atoms with Gasteiger partial charge in [-0.2, -0.15) is 13.2 Å². The lowest BCUT2D eigenvalue weighted by atomic mass is 10.1. The molecule has 120 valence electrons. The van der Waals surface area contributed by atoms with E-state index in [0.717, 1.165) is 18.6 Å². The first kappa shape index (κ1) is 15.3. The molecular weight excluding hydrogens is 307 g/mol. The minimum Gasteiger partial charge on any atom is -0.332 e. The number of aromatic nitrogens is 3. The van der Waals surface area contributed by atoms with Gasteiger partial charge in [0.05, 0.1) is 10.9 Å². The van der Waals surface area contributed by atoms with Crippen molar-refractivity contribution < 1.29 is 13.2 Å². The normalized spacial score (nSPS) is 12.0. The van der Waals surface area contributed by atoms with Gasteiger partial charge in [0.25, 0.3) is 5.56 Å². The summed E-state index contributed by atoms with van der Waals surface area (Å²) in [6, 6.07) is 6.25.